The van der Waals surface area contributed by atoms with Gasteiger partial charge in [-0.25, -0.2) is 4.39 Å². The van der Waals surface area contributed by atoms with Gasteiger partial charge in [0.1, 0.15) is 5.82 Å². The summed E-state index contributed by atoms with van der Waals surface area (Å²) in [5.41, 5.74) is 3.29. The molecule has 1 fully saturated rings. The summed E-state index contributed by atoms with van der Waals surface area (Å²) >= 11 is 0. The van der Waals surface area contributed by atoms with Crippen LogP contribution in [0.3, 0.4) is 0 Å². The van der Waals surface area contributed by atoms with Crippen LogP contribution in [0.1, 0.15) is 56.2 Å². The molecule has 4 rings (SSSR count). The molecule has 1 atom stereocenters. The third kappa shape index (κ3) is 3.06. The maximum atomic E-state index is 13.6. The Bertz CT molecular complexity index is 743. The number of fused-ring (bicyclic) bond motifs is 3. The van der Waals surface area contributed by atoms with Crippen molar-refractivity contribution in [1.82, 2.24) is 10.3 Å². The Labute approximate surface area is 142 Å². The molecule has 0 saturated heterocycles. The van der Waals surface area contributed by atoms with Crippen LogP contribution in [-0.2, 0) is 17.6 Å². The lowest BCUT2D eigenvalue weighted by Gasteiger charge is -2.25. The molecular weight excluding hydrogens is 303 g/mol. The van der Waals surface area contributed by atoms with Gasteiger partial charge in [0, 0.05) is 28.6 Å². The van der Waals surface area contributed by atoms with Crippen LogP contribution in [0.2, 0.25) is 0 Å². The van der Waals surface area contributed by atoms with E-state index < -0.39 is 0 Å². The van der Waals surface area contributed by atoms with Crippen molar-refractivity contribution >= 4 is 16.8 Å². The second-order valence-electron chi connectivity index (χ2n) is 7.41. The minimum atomic E-state index is -0.214. The SMILES string of the molecule is O=C(NC1CCCCCC1)C1CCc2[nH]c3ccc(F)cc3c2C1. The Morgan fingerprint density at radius 1 is 1.12 bits per heavy atom. The number of aromatic amines is 1. The van der Waals surface area contributed by atoms with Crippen LogP contribution < -0.4 is 5.32 Å². The maximum Gasteiger partial charge on any atom is 0.223 e. The first-order valence-corrected chi connectivity index (χ1v) is 9.30. The molecule has 2 N–H and O–H groups in total. The van der Waals surface area contributed by atoms with Crippen LogP contribution in [-0.4, -0.2) is 16.9 Å². The van der Waals surface area contributed by atoms with Gasteiger partial charge < -0.3 is 10.3 Å². The van der Waals surface area contributed by atoms with Gasteiger partial charge in [-0.1, -0.05) is 25.7 Å². The van der Waals surface area contributed by atoms with Crippen LogP contribution in [0, 0.1) is 11.7 Å². The van der Waals surface area contributed by atoms with Crippen LogP contribution in [0.25, 0.3) is 10.9 Å². The van der Waals surface area contributed by atoms with E-state index >= 15 is 0 Å². The lowest BCUT2D eigenvalue weighted by molar-refractivity contribution is -0.126. The zero-order valence-electron chi connectivity index (χ0n) is 14.0. The van der Waals surface area contributed by atoms with Gasteiger partial charge in [-0.3, -0.25) is 4.79 Å². The highest BCUT2D eigenvalue weighted by atomic mass is 19.1. The molecule has 0 aliphatic heterocycles. The number of aryl methyl sites for hydroxylation is 1. The molecule has 0 bridgehead atoms. The Morgan fingerprint density at radius 2 is 1.92 bits per heavy atom. The van der Waals surface area contributed by atoms with E-state index in [1.54, 1.807) is 12.1 Å². The summed E-state index contributed by atoms with van der Waals surface area (Å²) in [7, 11) is 0. The van der Waals surface area contributed by atoms with Gasteiger partial charge in [0.15, 0.2) is 0 Å². The molecule has 4 heteroatoms. The number of rotatable bonds is 2. The summed E-state index contributed by atoms with van der Waals surface area (Å²) in [5, 5.41) is 4.23. The van der Waals surface area contributed by atoms with E-state index in [4.69, 9.17) is 0 Å². The van der Waals surface area contributed by atoms with E-state index in [-0.39, 0.29) is 17.6 Å². The van der Waals surface area contributed by atoms with E-state index in [9.17, 15) is 9.18 Å². The predicted molar refractivity (Wildman–Crippen MR) is 93.4 cm³/mol. The van der Waals surface area contributed by atoms with E-state index in [0.29, 0.717) is 6.04 Å². The molecular formula is C20H25FN2O. The number of H-pyrrole nitrogens is 1. The maximum absolute atomic E-state index is 13.6. The molecule has 2 aliphatic carbocycles. The third-order valence-corrected chi connectivity index (χ3v) is 5.72. The molecule has 128 valence electrons. The molecule has 1 saturated carbocycles. The van der Waals surface area contributed by atoms with Gasteiger partial charge in [0.2, 0.25) is 5.91 Å². The number of halogens is 1. The van der Waals surface area contributed by atoms with Crippen molar-refractivity contribution in [3.63, 3.8) is 0 Å². The summed E-state index contributed by atoms with van der Waals surface area (Å²) in [5.74, 6) is -0.00402. The fourth-order valence-corrected chi connectivity index (χ4v) is 4.36. The van der Waals surface area contributed by atoms with Crippen LogP contribution in [0.15, 0.2) is 18.2 Å². The highest BCUT2D eigenvalue weighted by Gasteiger charge is 2.28. The number of nitrogens with one attached hydrogen (secondary N) is 2. The fraction of sp³-hybridized carbons (Fsp3) is 0.550. The zero-order chi connectivity index (χ0) is 16.5. The minimum Gasteiger partial charge on any atom is -0.358 e. The number of carbonyl (C=O) groups excluding carboxylic acids is 1. The summed E-state index contributed by atoms with van der Waals surface area (Å²) < 4.78 is 13.6. The number of benzene rings is 1. The van der Waals surface area contributed by atoms with Gasteiger partial charge in [0.25, 0.3) is 0 Å². The number of carbonyl (C=O) groups is 1. The number of hydrogen-bond acceptors (Lipinski definition) is 1. The molecule has 1 aromatic heterocycles. The molecule has 24 heavy (non-hydrogen) atoms. The smallest absolute Gasteiger partial charge is 0.223 e. The van der Waals surface area contributed by atoms with Gasteiger partial charge in [-0.2, -0.15) is 0 Å². The molecule has 1 heterocycles. The quantitative estimate of drug-likeness (QED) is 0.795. The normalized spacial score (nSPS) is 22.1. The van der Waals surface area contributed by atoms with Crippen molar-refractivity contribution in [2.45, 2.75) is 63.8 Å². The Hall–Kier alpha value is -1.84. The van der Waals surface area contributed by atoms with Gasteiger partial charge in [-0.15, -0.1) is 0 Å². The topological polar surface area (TPSA) is 44.9 Å². The highest BCUT2D eigenvalue weighted by molar-refractivity contribution is 5.87. The molecule has 1 aromatic carbocycles. The number of aromatic nitrogens is 1. The first-order chi connectivity index (χ1) is 11.7. The van der Waals surface area contributed by atoms with Crippen LogP contribution in [0.5, 0.6) is 0 Å². The van der Waals surface area contributed by atoms with E-state index in [1.807, 2.05) is 0 Å². The largest absolute Gasteiger partial charge is 0.358 e. The van der Waals surface area contributed by atoms with Gasteiger partial charge >= 0.3 is 0 Å². The molecule has 1 unspecified atom stereocenters. The minimum absolute atomic E-state index is 0.0167. The van der Waals surface area contributed by atoms with Crippen LogP contribution in [0.4, 0.5) is 4.39 Å². The number of hydrogen-bond donors (Lipinski definition) is 2. The highest BCUT2D eigenvalue weighted by Crippen LogP contribution is 2.32. The van der Waals surface area contributed by atoms with E-state index in [0.717, 1.165) is 48.6 Å². The standard InChI is InChI=1S/C20H25FN2O/c21-14-8-10-19-17(12-14)16-11-13(7-9-18(16)23-19)20(24)22-15-5-3-1-2-4-6-15/h8,10,12-13,15,23H,1-7,9,11H2,(H,22,24). The molecule has 1 amide bonds. The summed E-state index contributed by atoms with van der Waals surface area (Å²) in [6.45, 7) is 0. The Morgan fingerprint density at radius 3 is 2.71 bits per heavy atom. The van der Waals surface area contributed by atoms with Gasteiger partial charge in [-0.05, 0) is 55.9 Å². The molecule has 0 radical (unpaired) electrons. The molecule has 2 aromatic rings. The van der Waals surface area contributed by atoms with Crippen molar-refractivity contribution in [1.29, 1.82) is 0 Å². The fourth-order valence-electron chi connectivity index (χ4n) is 4.36. The van der Waals surface area contributed by atoms with Crippen LogP contribution >= 0.6 is 0 Å². The summed E-state index contributed by atoms with van der Waals surface area (Å²) in [4.78, 5) is 16.1. The third-order valence-electron chi connectivity index (χ3n) is 5.72. The number of amides is 1. The Kier molecular flexibility index (Phi) is 4.30. The Balaban J connectivity index is 1.49. The lowest BCUT2D eigenvalue weighted by Crippen LogP contribution is -2.40. The summed E-state index contributed by atoms with van der Waals surface area (Å²) in [6.07, 6.45) is 9.72. The molecule has 3 nitrogen and oxygen atoms in total. The van der Waals surface area contributed by atoms with E-state index in [2.05, 4.69) is 10.3 Å². The monoisotopic (exact) mass is 328 g/mol. The van der Waals surface area contributed by atoms with Crippen molar-refractivity contribution < 1.29 is 9.18 Å². The summed E-state index contributed by atoms with van der Waals surface area (Å²) in [6, 6.07) is 5.22. The second kappa shape index (κ2) is 6.58. The second-order valence-corrected chi connectivity index (χ2v) is 7.41. The van der Waals surface area contributed by atoms with E-state index in [1.165, 1.54) is 37.4 Å². The molecule has 0 spiro atoms. The average Bonchev–Trinajstić information content (AvgIpc) is 2.75. The van der Waals surface area contributed by atoms with Crippen molar-refractivity contribution in [2.75, 3.05) is 0 Å². The van der Waals surface area contributed by atoms with Crippen molar-refractivity contribution in [3.05, 3.63) is 35.3 Å². The average molecular weight is 328 g/mol. The molecule has 2 aliphatic rings. The van der Waals surface area contributed by atoms with Crippen molar-refractivity contribution in [3.8, 4) is 0 Å². The first kappa shape index (κ1) is 15.7. The zero-order valence-corrected chi connectivity index (χ0v) is 14.0. The first-order valence-electron chi connectivity index (χ1n) is 9.30. The van der Waals surface area contributed by atoms with Crippen molar-refractivity contribution in [2.24, 2.45) is 5.92 Å². The predicted octanol–water partition coefficient (Wildman–Crippen LogP) is 4.25. The van der Waals surface area contributed by atoms with Gasteiger partial charge in [0.05, 0.1) is 0 Å². The lowest BCUT2D eigenvalue weighted by atomic mass is 9.85.